The Bertz CT molecular complexity index is 1150. The number of aliphatic imine (C=N–C) groups is 1. The van der Waals surface area contributed by atoms with Gasteiger partial charge < -0.3 is 25.4 Å². The number of allylic oxidation sites excluding steroid dienone is 1. The highest BCUT2D eigenvalue weighted by Gasteiger charge is 2.53. The number of alkyl halides is 3. The molecular formula is C29H41F3N6O3. The molecule has 0 aliphatic carbocycles. The zero-order valence-electron chi connectivity index (χ0n) is 23.9. The first-order chi connectivity index (χ1) is 19.6. The molecule has 226 valence electrons. The summed E-state index contributed by atoms with van der Waals surface area (Å²) in [4.78, 5) is 20.2. The number of anilines is 2. The first-order valence-corrected chi connectivity index (χ1v) is 14.5. The molecule has 6 atom stereocenters. The Morgan fingerprint density at radius 3 is 2.73 bits per heavy atom. The van der Waals surface area contributed by atoms with E-state index in [0.717, 1.165) is 69.3 Å². The van der Waals surface area contributed by atoms with Crippen molar-refractivity contribution in [1.29, 1.82) is 0 Å². The van der Waals surface area contributed by atoms with E-state index in [1.165, 1.54) is 12.5 Å². The fraction of sp³-hybridized carbons (Fsp3) is 0.655. The molecule has 0 spiro atoms. The van der Waals surface area contributed by atoms with Crippen LogP contribution in [0.15, 0.2) is 34.8 Å². The Balaban J connectivity index is 1.27. The molecular weight excluding hydrogens is 537 g/mol. The molecule has 3 fully saturated rings. The van der Waals surface area contributed by atoms with Crippen LogP contribution < -0.4 is 21.3 Å². The number of amidine groups is 1. The maximum absolute atomic E-state index is 13.4. The molecule has 0 radical (unpaired) electrons. The van der Waals surface area contributed by atoms with E-state index in [2.05, 4.69) is 32.2 Å². The number of piperidine rings is 1. The molecule has 0 bridgehead atoms. The summed E-state index contributed by atoms with van der Waals surface area (Å²) in [7, 11) is 0. The third-order valence-corrected chi connectivity index (χ3v) is 8.62. The summed E-state index contributed by atoms with van der Waals surface area (Å²) in [6.07, 6.45) is -3.50. The number of aryl methyl sites for hydroxylation is 1. The lowest BCUT2D eigenvalue weighted by molar-refractivity contribution is -0.216. The van der Waals surface area contributed by atoms with E-state index in [0.29, 0.717) is 30.1 Å². The number of nitrogens with zero attached hydrogens (tertiary/aromatic N) is 2. The van der Waals surface area contributed by atoms with Crippen LogP contribution in [-0.2, 0) is 14.3 Å². The van der Waals surface area contributed by atoms with Gasteiger partial charge in [-0.15, -0.1) is 0 Å². The third-order valence-electron chi connectivity index (χ3n) is 8.62. The van der Waals surface area contributed by atoms with Crippen molar-refractivity contribution in [1.82, 2.24) is 15.5 Å². The van der Waals surface area contributed by atoms with Gasteiger partial charge in [-0.3, -0.25) is 20.0 Å². The van der Waals surface area contributed by atoms with Gasteiger partial charge in [-0.25, -0.2) is 0 Å². The Kier molecular flexibility index (Phi) is 9.34. The molecule has 6 unspecified atom stereocenters. The number of carbonyl (C=O) groups is 1. The van der Waals surface area contributed by atoms with Gasteiger partial charge in [-0.1, -0.05) is 12.1 Å². The van der Waals surface area contributed by atoms with E-state index in [1.807, 2.05) is 19.9 Å². The summed E-state index contributed by atoms with van der Waals surface area (Å²) < 4.78 is 50.8. The number of morpholine rings is 1. The molecule has 4 N–H and O–H groups in total. The lowest BCUT2D eigenvalue weighted by Gasteiger charge is -2.43. The molecule has 3 saturated heterocycles. The van der Waals surface area contributed by atoms with Gasteiger partial charge in [0, 0.05) is 43.6 Å². The van der Waals surface area contributed by atoms with Crippen molar-refractivity contribution < 1.29 is 27.4 Å². The van der Waals surface area contributed by atoms with Crippen LogP contribution in [0.2, 0.25) is 0 Å². The fourth-order valence-corrected chi connectivity index (χ4v) is 6.51. The smallest absolute Gasteiger partial charge is 0.379 e. The quantitative estimate of drug-likeness (QED) is 0.426. The van der Waals surface area contributed by atoms with Crippen LogP contribution in [0, 0.1) is 18.8 Å². The average molecular weight is 579 g/mol. The lowest BCUT2D eigenvalue weighted by atomic mass is 9.76. The van der Waals surface area contributed by atoms with E-state index in [-0.39, 0.29) is 0 Å². The number of nitrogens with one attached hydrogen (secondary N) is 4. The second kappa shape index (κ2) is 12.8. The van der Waals surface area contributed by atoms with Crippen LogP contribution in [0.4, 0.5) is 24.5 Å². The number of amides is 1. The minimum absolute atomic E-state index is 0.356. The number of ether oxygens (including phenoxy) is 2. The first kappa shape index (κ1) is 30.0. The largest absolute Gasteiger partial charge is 0.416 e. The molecule has 4 aliphatic rings. The number of halogens is 3. The van der Waals surface area contributed by atoms with Crippen LogP contribution in [0.3, 0.4) is 0 Å². The van der Waals surface area contributed by atoms with Crippen molar-refractivity contribution in [3.63, 3.8) is 0 Å². The Labute approximate surface area is 239 Å². The van der Waals surface area contributed by atoms with Crippen LogP contribution in [0.25, 0.3) is 0 Å². The molecule has 41 heavy (non-hydrogen) atoms. The normalized spacial score (nSPS) is 32.5. The molecule has 4 aliphatic heterocycles. The highest BCUT2D eigenvalue weighted by atomic mass is 19.4. The zero-order valence-corrected chi connectivity index (χ0v) is 23.9. The minimum Gasteiger partial charge on any atom is -0.379 e. The summed E-state index contributed by atoms with van der Waals surface area (Å²) in [5.74, 6) is 0.845. The van der Waals surface area contributed by atoms with Gasteiger partial charge in [0.25, 0.3) is 0 Å². The zero-order chi connectivity index (χ0) is 29.1. The summed E-state index contributed by atoms with van der Waals surface area (Å²) in [5, 5.41) is 12.4. The number of rotatable bonds is 5. The van der Waals surface area contributed by atoms with Gasteiger partial charge in [-0.2, -0.15) is 13.2 Å². The summed E-state index contributed by atoms with van der Waals surface area (Å²) >= 11 is 0. The summed E-state index contributed by atoms with van der Waals surface area (Å²) in [5.41, 5.74) is 3.24. The molecule has 4 heterocycles. The highest BCUT2D eigenvalue weighted by molar-refractivity contribution is 6.09. The second-order valence-corrected chi connectivity index (χ2v) is 11.4. The SMILES string of the molecule is C/C=C1\C(Nc2cc(NC(=O)C3NC(C)OC3C(F)(F)F)ccc2C)=NCCC1C1CNCC(N2CCOCC2)C1. The molecule has 0 aromatic heterocycles. The second-order valence-electron chi connectivity index (χ2n) is 11.4. The van der Waals surface area contributed by atoms with Crippen molar-refractivity contribution in [3.05, 3.63) is 35.4 Å². The topological polar surface area (TPSA) is 99.2 Å². The maximum atomic E-state index is 13.4. The molecule has 1 aromatic rings. The van der Waals surface area contributed by atoms with Gasteiger partial charge in [-0.05, 0) is 75.3 Å². The number of hydrogen-bond acceptors (Lipinski definition) is 8. The molecule has 0 saturated carbocycles. The van der Waals surface area contributed by atoms with Gasteiger partial charge in [0.15, 0.2) is 6.10 Å². The van der Waals surface area contributed by atoms with Crippen LogP contribution in [-0.4, -0.2) is 93.2 Å². The van der Waals surface area contributed by atoms with Gasteiger partial charge in [0.1, 0.15) is 18.1 Å². The van der Waals surface area contributed by atoms with Gasteiger partial charge in [0.05, 0.1) is 13.2 Å². The predicted octanol–water partition coefficient (Wildman–Crippen LogP) is 3.29. The van der Waals surface area contributed by atoms with Crippen LogP contribution >= 0.6 is 0 Å². The van der Waals surface area contributed by atoms with Crippen molar-refractivity contribution in [2.75, 3.05) is 56.6 Å². The summed E-state index contributed by atoms with van der Waals surface area (Å²) in [6.45, 7) is 11.6. The van der Waals surface area contributed by atoms with Crippen molar-refractivity contribution >= 4 is 23.1 Å². The van der Waals surface area contributed by atoms with E-state index in [1.54, 1.807) is 12.1 Å². The fourth-order valence-electron chi connectivity index (χ4n) is 6.51. The van der Waals surface area contributed by atoms with E-state index in [9.17, 15) is 18.0 Å². The molecule has 9 nitrogen and oxygen atoms in total. The Morgan fingerprint density at radius 2 is 2.00 bits per heavy atom. The van der Waals surface area contributed by atoms with Crippen LogP contribution in [0.5, 0.6) is 0 Å². The van der Waals surface area contributed by atoms with E-state index in [4.69, 9.17) is 14.5 Å². The van der Waals surface area contributed by atoms with Gasteiger partial charge >= 0.3 is 6.18 Å². The van der Waals surface area contributed by atoms with Crippen molar-refractivity contribution in [2.45, 2.75) is 64.2 Å². The van der Waals surface area contributed by atoms with Gasteiger partial charge in [0.2, 0.25) is 5.91 Å². The highest BCUT2D eigenvalue weighted by Crippen LogP contribution is 2.35. The number of benzene rings is 1. The van der Waals surface area contributed by atoms with Crippen molar-refractivity contribution in [3.8, 4) is 0 Å². The van der Waals surface area contributed by atoms with E-state index >= 15 is 0 Å². The Morgan fingerprint density at radius 1 is 1.22 bits per heavy atom. The average Bonchev–Trinajstić information content (AvgIpc) is 3.38. The number of hydrogen-bond donors (Lipinski definition) is 4. The van der Waals surface area contributed by atoms with Crippen LogP contribution in [0.1, 0.15) is 32.3 Å². The lowest BCUT2D eigenvalue weighted by Crippen LogP contribution is -2.54. The summed E-state index contributed by atoms with van der Waals surface area (Å²) in [6, 6.07) is 4.21. The maximum Gasteiger partial charge on any atom is 0.416 e. The molecule has 1 amide bonds. The molecule has 12 heteroatoms. The predicted molar refractivity (Wildman–Crippen MR) is 152 cm³/mol. The van der Waals surface area contributed by atoms with E-state index < -0.39 is 30.5 Å². The first-order valence-electron chi connectivity index (χ1n) is 14.5. The van der Waals surface area contributed by atoms with Crippen molar-refractivity contribution in [2.24, 2.45) is 16.8 Å². The Hall–Kier alpha value is -2.51. The molecule has 1 aromatic carbocycles. The standard InChI is InChI=1S/C29H41F3N6O3/c1-4-22-23(19-13-21(16-33-15-19)38-9-11-40-12-10-38)7-8-34-27(22)37-24-14-20(6-5-17(24)2)36-28(39)25-26(29(30,31)32)41-18(3)35-25/h4-6,14,18-19,21,23,25-26,33,35H,7-13,15-16H2,1-3H3,(H,34,37)(H,36,39)/b22-4-. The molecule has 5 rings (SSSR count). The number of carbonyl (C=O) groups excluding carboxylic acids is 1. The monoisotopic (exact) mass is 578 g/mol. The third kappa shape index (κ3) is 6.94. The minimum atomic E-state index is -4.66.